The Kier molecular flexibility index (Phi) is 3.23. The van der Waals surface area contributed by atoms with Gasteiger partial charge in [-0.2, -0.15) is 5.10 Å². The normalized spacial score (nSPS) is 20.7. The number of nitrogens with one attached hydrogen (secondary N) is 1. The molecule has 0 amide bonds. The van der Waals surface area contributed by atoms with E-state index >= 15 is 0 Å². The maximum absolute atomic E-state index is 12.4. The molecule has 1 aromatic rings. The van der Waals surface area contributed by atoms with Gasteiger partial charge < -0.3 is 4.90 Å². The van der Waals surface area contributed by atoms with Crippen molar-refractivity contribution in [3.8, 4) is 0 Å². The Hall–Kier alpha value is -1.30. The molecule has 1 N–H and O–H groups in total. The minimum atomic E-state index is -3.36. The zero-order chi connectivity index (χ0) is 13.5. The number of hydrogen-bond acceptors (Lipinski definition) is 4. The third-order valence-corrected chi connectivity index (χ3v) is 5.31. The van der Waals surface area contributed by atoms with Gasteiger partial charge in [0.2, 0.25) is 0 Å². The van der Waals surface area contributed by atoms with Crippen molar-refractivity contribution in [2.45, 2.75) is 44.6 Å². The van der Waals surface area contributed by atoms with Crippen LogP contribution in [0.2, 0.25) is 0 Å². The van der Waals surface area contributed by atoms with Gasteiger partial charge in [-0.1, -0.05) is 6.58 Å². The highest BCUT2D eigenvalue weighted by Gasteiger charge is 2.30. The van der Waals surface area contributed by atoms with Gasteiger partial charge in [-0.15, -0.1) is 0 Å². The summed E-state index contributed by atoms with van der Waals surface area (Å²) in [7, 11) is -3.36. The molecule has 0 spiro atoms. The minimum Gasteiger partial charge on any atom is -0.358 e. The first kappa shape index (κ1) is 13.1. The maximum Gasteiger partial charge on any atom is 0.200 e. The lowest BCUT2D eigenvalue weighted by Crippen LogP contribution is -2.31. The molecule has 2 heterocycles. The Morgan fingerprint density at radius 1 is 1.50 bits per heavy atom. The molecule has 18 heavy (non-hydrogen) atoms. The van der Waals surface area contributed by atoms with Crippen LogP contribution in [0.1, 0.15) is 31.2 Å². The van der Waals surface area contributed by atoms with E-state index in [0.29, 0.717) is 16.3 Å². The molecule has 1 fully saturated rings. The fraction of sp³-hybridized carbons (Fsp3) is 0.583. The van der Waals surface area contributed by atoms with Gasteiger partial charge in [0.25, 0.3) is 0 Å². The summed E-state index contributed by atoms with van der Waals surface area (Å²) >= 11 is 0. The Balaban J connectivity index is 2.31. The second kappa shape index (κ2) is 4.42. The third-order valence-electron chi connectivity index (χ3n) is 3.47. The molecular weight excluding hydrogens is 250 g/mol. The molecule has 6 heteroatoms. The number of rotatable bonds is 3. The zero-order valence-corrected chi connectivity index (χ0v) is 11.8. The lowest BCUT2D eigenvalue weighted by Gasteiger charge is -2.24. The molecule has 1 aliphatic heterocycles. The van der Waals surface area contributed by atoms with E-state index in [1.807, 2.05) is 11.8 Å². The average Bonchev–Trinajstić information content (AvgIpc) is 2.76. The molecule has 0 bridgehead atoms. The van der Waals surface area contributed by atoms with E-state index in [1.54, 1.807) is 13.8 Å². The number of aryl methyl sites for hydroxylation is 2. The summed E-state index contributed by atoms with van der Waals surface area (Å²) in [5, 5.41) is 6.67. The molecule has 1 atom stereocenters. The van der Waals surface area contributed by atoms with Gasteiger partial charge in [0.1, 0.15) is 10.8 Å². The van der Waals surface area contributed by atoms with Crippen LogP contribution in [0.15, 0.2) is 17.2 Å². The minimum absolute atomic E-state index is 0.00574. The van der Waals surface area contributed by atoms with Crippen molar-refractivity contribution in [3.63, 3.8) is 0 Å². The molecule has 2 rings (SSSR count). The van der Waals surface area contributed by atoms with Crippen LogP contribution in [-0.4, -0.2) is 35.4 Å². The van der Waals surface area contributed by atoms with Gasteiger partial charge in [-0.05, 0) is 33.6 Å². The molecule has 1 aliphatic rings. The Bertz CT molecular complexity index is 555. The molecule has 100 valence electrons. The summed E-state index contributed by atoms with van der Waals surface area (Å²) in [6, 6.07) is 0.236. The van der Waals surface area contributed by atoms with E-state index < -0.39 is 9.84 Å². The first-order valence-electron chi connectivity index (χ1n) is 6.01. The number of sulfone groups is 1. The monoisotopic (exact) mass is 269 g/mol. The number of hydrogen-bond donors (Lipinski definition) is 1. The van der Waals surface area contributed by atoms with Crippen molar-refractivity contribution in [1.82, 2.24) is 15.1 Å². The smallest absolute Gasteiger partial charge is 0.200 e. The van der Waals surface area contributed by atoms with Crippen LogP contribution >= 0.6 is 0 Å². The molecule has 0 unspecified atom stereocenters. The molecule has 0 aliphatic carbocycles. The van der Waals surface area contributed by atoms with Crippen LogP contribution in [0.4, 0.5) is 0 Å². The third kappa shape index (κ3) is 2.16. The van der Waals surface area contributed by atoms with E-state index in [1.165, 1.54) is 0 Å². The number of H-pyrrole nitrogens is 1. The first-order chi connectivity index (χ1) is 8.33. The van der Waals surface area contributed by atoms with Crippen molar-refractivity contribution >= 4 is 9.84 Å². The van der Waals surface area contributed by atoms with Gasteiger partial charge >= 0.3 is 0 Å². The van der Waals surface area contributed by atoms with E-state index in [0.717, 1.165) is 18.5 Å². The average molecular weight is 269 g/mol. The number of likely N-dealkylation sites (tertiary alicyclic amines) is 1. The van der Waals surface area contributed by atoms with E-state index in [-0.39, 0.29) is 11.9 Å². The molecule has 5 nitrogen and oxygen atoms in total. The Morgan fingerprint density at radius 3 is 2.61 bits per heavy atom. The summed E-state index contributed by atoms with van der Waals surface area (Å²) in [5.74, 6) is -0.00574. The van der Waals surface area contributed by atoms with Crippen LogP contribution in [0.25, 0.3) is 0 Å². The summed E-state index contributed by atoms with van der Waals surface area (Å²) in [6.45, 7) is 9.40. The summed E-state index contributed by atoms with van der Waals surface area (Å²) in [5.41, 5.74) is 2.04. The number of aromatic amines is 1. The molecule has 0 aromatic carbocycles. The van der Waals surface area contributed by atoms with Crippen molar-refractivity contribution in [3.05, 3.63) is 23.7 Å². The molecule has 0 saturated carbocycles. The summed E-state index contributed by atoms with van der Waals surface area (Å²) < 4.78 is 24.9. The number of aromatic nitrogens is 2. The molecule has 1 saturated heterocycles. The highest BCUT2D eigenvalue weighted by atomic mass is 32.2. The first-order valence-corrected chi connectivity index (χ1v) is 7.67. The van der Waals surface area contributed by atoms with Crippen LogP contribution in [0, 0.1) is 13.8 Å². The fourth-order valence-electron chi connectivity index (χ4n) is 2.45. The highest BCUT2D eigenvalue weighted by molar-refractivity contribution is 7.91. The van der Waals surface area contributed by atoms with Gasteiger partial charge in [-0.25, -0.2) is 8.42 Å². The second-order valence-electron chi connectivity index (χ2n) is 4.93. The molecular formula is C12H19N3O2S. The standard InChI is InChI=1S/C12H19N3O2S/c1-8-5-6-9(2)15(8)7-18(16,17)12-10(3)13-14-11(12)4/h9H,1,5-7H2,2-4H3,(H,13,14)/t9-/m0/s1. The Labute approximate surface area is 108 Å². The van der Waals surface area contributed by atoms with Crippen LogP contribution in [-0.2, 0) is 9.84 Å². The number of nitrogens with zero attached hydrogens (tertiary/aromatic N) is 2. The fourth-order valence-corrected chi connectivity index (χ4v) is 4.39. The Morgan fingerprint density at radius 2 is 2.17 bits per heavy atom. The highest BCUT2D eigenvalue weighted by Crippen LogP contribution is 2.28. The van der Waals surface area contributed by atoms with Crippen molar-refractivity contribution in [1.29, 1.82) is 0 Å². The second-order valence-corrected chi connectivity index (χ2v) is 6.83. The van der Waals surface area contributed by atoms with Crippen LogP contribution in [0.3, 0.4) is 0 Å². The summed E-state index contributed by atoms with van der Waals surface area (Å²) in [4.78, 5) is 2.20. The van der Waals surface area contributed by atoms with Crippen molar-refractivity contribution in [2.75, 3.05) is 5.88 Å². The zero-order valence-electron chi connectivity index (χ0n) is 11.0. The van der Waals surface area contributed by atoms with E-state index in [4.69, 9.17) is 0 Å². The maximum atomic E-state index is 12.4. The largest absolute Gasteiger partial charge is 0.358 e. The topological polar surface area (TPSA) is 66.1 Å². The number of allylic oxidation sites excluding steroid dienone is 1. The summed E-state index contributed by atoms with van der Waals surface area (Å²) in [6.07, 6.45) is 1.84. The SMILES string of the molecule is C=C1CC[C@H](C)N1CS(=O)(=O)c1c(C)n[nH]c1C. The van der Waals surface area contributed by atoms with Gasteiger partial charge in [-0.3, -0.25) is 5.10 Å². The van der Waals surface area contributed by atoms with E-state index in [9.17, 15) is 8.42 Å². The van der Waals surface area contributed by atoms with Gasteiger partial charge in [0.15, 0.2) is 9.84 Å². The van der Waals surface area contributed by atoms with Gasteiger partial charge in [0.05, 0.1) is 11.4 Å². The van der Waals surface area contributed by atoms with Crippen LogP contribution in [0.5, 0.6) is 0 Å². The quantitative estimate of drug-likeness (QED) is 0.908. The predicted molar refractivity (Wildman–Crippen MR) is 69.8 cm³/mol. The van der Waals surface area contributed by atoms with Crippen LogP contribution < -0.4 is 0 Å². The van der Waals surface area contributed by atoms with Crippen molar-refractivity contribution < 1.29 is 8.42 Å². The lowest BCUT2D eigenvalue weighted by molar-refractivity contribution is 0.353. The van der Waals surface area contributed by atoms with Gasteiger partial charge in [0, 0.05) is 11.7 Å². The predicted octanol–water partition coefficient (Wildman–Crippen LogP) is 1.76. The molecule has 1 aromatic heterocycles. The molecule has 0 radical (unpaired) electrons. The van der Waals surface area contributed by atoms with E-state index in [2.05, 4.69) is 16.8 Å². The lowest BCUT2D eigenvalue weighted by atomic mass is 10.2. The van der Waals surface area contributed by atoms with Crippen molar-refractivity contribution in [2.24, 2.45) is 0 Å².